The van der Waals surface area contributed by atoms with Crippen molar-refractivity contribution in [2.24, 2.45) is 5.92 Å². The lowest BCUT2D eigenvalue weighted by Crippen LogP contribution is -2.50. The molecule has 0 saturated carbocycles. The van der Waals surface area contributed by atoms with Crippen molar-refractivity contribution < 1.29 is 9.53 Å². The first kappa shape index (κ1) is 23.9. The number of nitrogens with zero attached hydrogens (tertiary/aromatic N) is 4. The Labute approximate surface area is 227 Å². The van der Waals surface area contributed by atoms with Crippen LogP contribution in [0.25, 0.3) is 16.3 Å². The number of hydrogen-bond donors (Lipinski definition) is 2. The van der Waals surface area contributed by atoms with Gasteiger partial charge in [0.15, 0.2) is 0 Å². The highest BCUT2D eigenvalue weighted by molar-refractivity contribution is 7.19. The zero-order valence-electron chi connectivity index (χ0n) is 21.8. The fourth-order valence-electron chi connectivity index (χ4n) is 6.40. The SMILES string of the molecule is CC1COCCN1C(=O)C1CCc2c(sc3ncnc(Nc4cc5c(cc4N4CCCC4)NCC=C5)c23)C1. The Morgan fingerprint density at radius 1 is 1.21 bits per heavy atom. The average molecular weight is 531 g/mol. The highest BCUT2D eigenvalue weighted by Crippen LogP contribution is 2.43. The Hall–Kier alpha value is -3.17. The van der Waals surface area contributed by atoms with Crippen LogP contribution in [0.2, 0.25) is 0 Å². The molecule has 1 aromatic carbocycles. The molecular weight excluding hydrogens is 496 g/mol. The Morgan fingerprint density at radius 2 is 2.11 bits per heavy atom. The average Bonchev–Trinajstić information content (AvgIpc) is 3.61. The van der Waals surface area contributed by atoms with Crippen LogP contribution in [0.3, 0.4) is 0 Å². The molecule has 5 heterocycles. The predicted octanol–water partition coefficient (Wildman–Crippen LogP) is 4.83. The van der Waals surface area contributed by atoms with Crippen molar-refractivity contribution in [1.82, 2.24) is 14.9 Å². The standard InChI is InChI=1S/C29H34N6O2S/c1-18-16-37-12-11-35(18)29(36)20-6-7-21-25(14-20)38-28-26(21)27(31-17-32-28)33-23-13-19-5-4-8-30-22(19)15-24(23)34-9-2-3-10-34/h4-5,13,15,17-18,20,30H,2-3,6-12,14,16H2,1H3,(H,31,32,33). The van der Waals surface area contributed by atoms with E-state index in [1.54, 1.807) is 17.7 Å². The summed E-state index contributed by atoms with van der Waals surface area (Å²) in [6.07, 6.45) is 11.0. The molecule has 0 bridgehead atoms. The molecular formula is C29H34N6O2S. The van der Waals surface area contributed by atoms with Gasteiger partial charge in [-0.2, -0.15) is 0 Å². The minimum atomic E-state index is 0.0298. The van der Waals surface area contributed by atoms with E-state index in [1.807, 2.05) is 4.90 Å². The van der Waals surface area contributed by atoms with Gasteiger partial charge < -0.3 is 25.2 Å². The molecule has 3 aromatic rings. The summed E-state index contributed by atoms with van der Waals surface area (Å²) in [6, 6.07) is 4.68. The summed E-state index contributed by atoms with van der Waals surface area (Å²) >= 11 is 1.73. The predicted molar refractivity (Wildman–Crippen MR) is 154 cm³/mol. The summed E-state index contributed by atoms with van der Waals surface area (Å²) in [5.74, 6) is 1.17. The lowest BCUT2D eigenvalue weighted by molar-refractivity contribution is -0.143. The molecule has 0 spiro atoms. The number of thiophene rings is 1. The molecule has 3 aliphatic heterocycles. The van der Waals surface area contributed by atoms with Gasteiger partial charge in [-0.1, -0.05) is 12.2 Å². The molecule has 2 aromatic heterocycles. The molecule has 2 N–H and O–H groups in total. The topological polar surface area (TPSA) is 82.6 Å². The Morgan fingerprint density at radius 3 is 2.97 bits per heavy atom. The number of hydrogen-bond acceptors (Lipinski definition) is 8. The lowest BCUT2D eigenvalue weighted by atomic mass is 9.86. The summed E-state index contributed by atoms with van der Waals surface area (Å²) in [7, 11) is 0. The number of aromatic nitrogens is 2. The van der Waals surface area contributed by atoms with Crippen molar-refractivity contribution in [3.63, 3.8) is 0 Å². The maximum atomic E-state index is 13.4. The van der Waals surface area contributed by atoms with Crippen molar-refractivity contribution in [3.8, 4) is 0 Å². The van der Waals surface area contributed by atoms with Crippen LogP contribution in [0, 0.1) is 5.92 Å². The number of carbonyl (C=O) groups is 1. The van der Waals surface area contributed by atoms with Crippen molar-refractivity contribution in [2.45, 2.75) is 45.1 Å². The van der Waals surface area contributed by atoms with Crippen molar-refractivity contribution in [3.05, 3.63) is 40.5 Å². The van der Waals surface area contributed by atoms with Crippen LogP contribution in [0.15, 0.2) is 24.5 Å². The fourth-order valence-corrected chi connectivity index (χ4v) is 7.67. The highest BCUT2D eigenvalue weighted by atomic mass is 32.1. The van der Waals surface area contributed by atoms with Gasteiger partial charge in [0, 0.05) is 42.7 Å². The number of anilines is 4. The number of rotatable bonds is 4. The van der Waals surface area contributed by atoms with Crippen LogP contribution in [0.1, 0.15) is 42.2 Å². The third-order valence-corrected chi connectivity index (χ3v) is 9.58. The summed E-state index contributed by atoms with van der Waals surface area (Å²) in [4.78, 5) is 29.6. The minimum Gasteiger partial charge on any atom is -0.381 e. The molecule has 0 radical (unpaired) electrons. The molecule has 38 heavy (non-hydrogen) atoms. The molecule has 7 rings (SSSR count). The molecule has 2 atom stereocenters. The van der Waals surface area contributed by atoms with Crippen LogP contribution in [0.4, 0.5) is 22.9 Å². The molecule has 2 fully saturated rings. The molecule has 2 saturated heterocycles. The van der Waals surface area contributed by atoms with Gasteiger partial charge in [0.25, 0.3) is 0 Å². The summed E-state index contributed by atoms with van der Waals surface area (Å²) in [5, 5.41) is 8.38. The number of aryl methyl sites for hydroxylation is 1. The first-order valence-corrected chi connectivity index (χ1v) is 14.7. The van der Waals surface area contributed by atoms with Gasteiger partial charge in [0.1, 0.15) is 17.0 Å². The van der Waals surface area contributed by atoms with E-state index in [4.69, 9.17) is 9.72 Å². The van der Waals surface area contributed by atoms with E-state index < -0.39 is 0 Å². The van der Waals surface area contributed by atoms with E-state index in [-0.39, 0.29) is 17.9 Å². The monoisotopic (exact) mass is 530 g/mol. The number of amides is 1. The van der Waals surface area contributed by atoms with Crippen LogP contribution in [0.5, 0.6) is 0 Å². The van der Waals surface area contributed by atoms with Gasteiger partial charge in [-0.3, -0.25) is 4.79 Å². The Bertz CT molecular complexity index is 1410. The number of ether oxygens (including phenoxy) is 1. The summed E-state index contributed by atoms with van der Waals surface area (Å²) in [5.41, 5.74) is 6.01. The van der Waals surface area contributed by atoms with Crippen molar-refractivity contribution >= 4 is 56.4 Å². The normalized spacial score (nSPS) is 22.8. The number of nitrogens with one attached hydrogen (secondary N) is 2. The zero-order chi connectivity index (χ0) is 25.6. The number of benzene rings is 1. The smallest absolute Gasteiger partial charge is 0.226 e. The molecule has 1 aliphatic carbocycles. The highest BCUT2D eigenvalue weighted by Gasteiger charge is 2.34. The first-order chi connectivity index (χ1) is 18.7. The maximum Gasteiger partial charge on any atom is 0.226 e. The molecule has 1 amide bonds. The number of morpholine rings is 1. The van der Waals surface area contributed by atoms with E-state index in [0.29, 0.717) is 19.8 Å². The molecule has 4 aliphatic rings. The lowest BCUT2D eigenvalue weighted by Gasteiger charge is -2.36. The first-order valence-electron chi connectivity index (χ1n) is 13.9. The largest absolute Gasteiger partial charge is 0.381 e. The zero-order valence-corrected chi connectivity index (χ0v) is 22.6. The minimum absolute atomic E-state index is 0.0298. The molecule has 8 nitrogen and oxygen atoms in total. The Balaban J connectivity index is 1.21. The number of carbonyl (C=O) groups excluding carboxylic acids is 1. The second-order valence-corrected chi connectivity index (χ2v) is 11.9. The van der Waals surface area contributed by atoms with E-state index in [1.165, 1.54) is 40.2 Å². The van der Waals surface area contributed by atoms with E-state index in [9.17, 15) is 4.79 Å². The summed E-state index contributed by atoms with van der Waals surface area (Å²) < 4.78 is 5.55. The van der Waals surface area contributed by atoms with Crippen LogP contribution in [-0.2, 0) is 22.4 Å². The second-order valence-electron chi connectivity index (χ2n) is 10.9. The third kappa shape index (κ3) is 4.22. The quantitative estimate of drug-likeness (QED) is 0.500. The third-order valence-electron chi connectivity index (χ3n) is 8.42. The van der Waals surface area contributed by atoms with Gasteiger partial charge in [-0.05, 0) is 62.3 Å². The fraction of sp³-hybridized carbons (Fsp3) is 0.483. The van der Waals surface area contributed by atoms with E-state index >= 15 is 0 Å². The van der Waals surface area contributed by atoms with Crippen LogP contribution in [-0.4, -0.2) is 66.2 Å². The van der Waals surface area contributed by atoms with Gasteiger partial charge in [0.05, 0.1) is 36.0 Å². The molecule has 2 unspecified atom stereocenters. The van der Waals surface area contributed by atoms with Gasteiger partial charge >= 0.3 is 0 Å². The second kappa shape index (κ2) is 9.85. The molecule has 9 heteroatoms. The van der Waals surface area contributed by atoms with E-state index in [0.717, 1.165) is 60.6 Å². The van der Waals surface area contributed by atoms with Crippen molar-refractivity contribution in [2.75, 3.05) is 54.9 Å². The van der Waals surface area contributed by atoms with Crippen LogP contribution < -0.4 is 15.5 Å². The number of fused-ring (bicyclic) bond motifs is 4. The van der Waals surface area contributed by atoms with Gasteiger partial charge in [-0.25, -0.2) is 9.97 Å². The van der Waals surface area contributed by atoms with Gasteiger partial charge in [-0.15, -0.1) is 11.3 Å². The van der Waals surface area contributed by atoms with E-state index in [2.05, 4.69) is 51.7 Å². The van der Waals surface area contributed by atoms with Gasteiger partial charge in [0.2, 0.25) is 5.91 Å². The van der Waals surface area contributed by atoms with Crippen LogP contribution >= 0.6 is 11.3 Å². The maximum absolute atomic E-state index is 13.4. The Kier molecular flexibility index (Phi) is 6.20. The van der Waals surface area contributed by atoms with Crippen molar-refractivity contribution in [1.29, 1.82) is 0 Å². The summed E-state index contributed by atoms with van der Waals surface area (Å²) in [6.45, 7) is 7.06. The molecule has 198 valence electrons.